The van der Waals surface area contributed by atoms with Crippen LogP contribution in [-0.2, 0) is 0 Å². The minimum absolute atomic E-state index is 0.116. The molecule has 5 nitrogen and oxygen atoms in total. The zero-order valence-electron chi connectivity index (χ0n) is 9.97. The molecule has 94 valence electrons. The predicted octanol–water partition coefficient (Wildman–Crippen LogP) is 1.94. The van der Waals surface area contributed by atoms with E-state index < -0.39 is 0 Å². The summed E-state index contributed by atoms with van der Waals surface area (Å²) in [5, 5.41) is 0. The van der Waals surface area contributed by atoms with Crippen LogP contribution in [-0.4, -0.2) is 16.5 Å². The number of nitrogen functional groups attached to an aromatic ring is 2. The number of hydrogen-bond acceptors (Lipinski definition) is 5. The van der Waals surface area contributed by atoms with Gasteiger partial charge in [0.25, 0.3) is 0 Å². The molecule has 4 N–H and O–H groups in total. The average Bonchev–Trinajstić information content (AvgIpc) is 2.31. The number of halogens is 1. The van der Waals surface area contributed by atoms with E-state index in [1.165, 1.54) is 12.1 Å². The van der Waals surface area contributed by atoms with E-state index in [0.29, 0.717) is 18.2 Å². The molecule has 0 bridgehead atoms. The van der Waals surface area contributed by atoms with E-state index in [9.17, 15) is 4.39 Å². The maximum atomic E-state index is 12.9. The number of hydrogen-bond donors (Lipinski definition) is 2. The van der Waals surface area contributed by atoms with Gasteiger partial charge in [0.1, 0.15) is 17.5 Å². The number of anilines is 4. The Balaban J connectivity index is 2.41. The predicted molar refractivity (Wildman–Crippen MR) is 69.9 cm³/mol. The van der Waals surface area contributed by atoms with Crippen LogP contribution in [0.15, 0.2) is 30.3 Å². The molecule has 0 aliphatic carbocycles. The van der Waals surface area contributed by atoms with Gasteiger partial charge >= 0.3 is 0 Å². The van der Waals surface area contributed by atoms with Crippen molar-refractivity contribution in [2.75, 3.05) is 22.9 Å². The highest BCUT2D eigenvalue weighted by Crippen LogP contribution is 2.24. The van der Waals surface area contributed by atoms with E-state index in [1.54, 1.807) is 18.2 Å². The molecule has 0 fully saturated rings. The van der Waals surface area contributed by atoms with Gasteiger partial charge in [0.2, 0.25) is 5.95 Å². The third kappa shape index (κ3) is 2.48. The van der Waals surface area contributed by atoms with Crippen molar-refractivity contribution in [3.63, 3.8) is 0 Å². The highest BCUT2D eigenvalue weighted by Gasteiger charge is 2.10. The topological polar surface area (TPSA) is 81.1 Å². The Kier molecular flexibility index (Phi) is 3.27. The van der Waals surface area contributed by atoms with Crippen molar-refractivity contribution in [2.24, 2.45) is 0 Å². The van der Waals surface area contributed by atoms with Crippen LogP contribution in [0.5, 0.6) is 0 Å². The van der Waals surface area contributed by atoms with Crippen LogP contribution in [0.4, 0.5) is 27.7 Å². The van der Waals surface area contributed by atoms with E-state index in [2.05, 4.69) is 9.97 Å². The van der Waals surface area contributed by atoms with Crippen molar-refractivity contribution in [2.45, 2.75) is 6.92 Å². The highest BCUT2D eigenvalue weighted by molar-refractivity contribution is 5.62. The van der Waals surface area contributed by atoms with Gasteiger partial charge in [0.15, 0.2) is 0 Å². The van der Waals surface area contributed by atoms with Gasteiger partial charge in [-0.1, -0.05) is 0 Å². The number of nitrogens with zero attached hydrogens (tertiary/aromatic N) is 3. The van der Waals surface area contributed by atoms with Crippen LogP contribution < -0.4 is 16.4 Å². The maximum absolute atomic E-state index is 12.9. The molecule has 2 aromatic rings. The third-order valence-electron chi connectivity index (χ3n) is 2.48. The molecule has 0 saturated heterocycles. The number of benzene rings is 1. The van der Waals surface area contributed by atoms with Crippen LogP contribution in [0.25, 0.3) is 0 Å². The van der Waals surface area contributed by atoms with Crippen LogP contribution in [0, 0.1) is 5.82 Å². The summed E-state index contributed by atoms with van der Waals surface area (Å²) in [5.41, 5.74) is 12.0. The molecule has 0 aliphatic rings. The molecule has 0 amide bonds. The summed E-state index contributed by atoms with van der Waals surface area (Å²) in [7, 11) is 0. The fourth-order valence-corrected chi connectivity index (χ4v) is 1.71. The molecular weight excluding hydrogens is 233 g/mol. The minimum Gasteiger partial charge on any atom is -0.383 e. The second kappa shape index (κ2) is 4.87. The van der Waals surface area contributed by atoms with Crippen molar-refractivity contribution in [1.82, 2.24) is 9.97 Å². The largest absolute Gasteiger partial charge is 0.383 e. The second-order valence-corrected chi connectivity index (χ2v) is 3.73. The summed E-state index contributed by atoms with van der Waals surface area (Å²) in [6.45, 7) is 2.61. The molecule has 0 spiro atoms. The van der Waals surface area contributed by atoms with Gasteiger partial charge in [-0.3, -0.25) is 0 Å². The van der Waals surface area contributed by atoms with Gasteiger partial charge in [0.05, 0.1) is 0 Å². The first-order chi connectivity index (χ1) is 8.60. The maximum Gasteiger partial charge on any atom is 0.223 e. The summed E-state index contributed by atoms with van der Waals surface area (Å²) in [6.07, 6.45) is 0. The van der Waals surface area contributed by atoms with Crippen LogP contribution in [0.2, 0.25) is 0 Å². The number of rotatable bonds is 3. The van der Waals surface area contributed by atoms with Crippen molar-refractivity contribution in [3.05, 3.63) is 36.1 Å². The monoisotopic (exact) mass is 247 g/mol. The average molecular weight is 247 g/mol. The molecule has 0 atom stereocenters. The fraction of sp³-hybridized carbons (Fsp3) is 0.167. The van der Waals surface area contributed by atoms with E-state index in [1.807, 2.05) is 11.8 Å². The van der Waals surface area contributed by atoms with Gasteiger partial charge in [-0.25, -0.2) is 4.39 Å². The lowest BCUT2D eigenvalue weighted by atomic mass is 10.2. The number of aromatic nitrogens is 2. The van der Waals surface area contributed by atoms with Crippen LogP contribution >= 0.6 is 0 Å². The normalized spacial score (nSPS) is 10.3. The van der Waals surface area contributed by atoms with Crippen molar-refractivity contribution in [3.8, 4) is 0 Å². The minimum atomic E-state index is -0.281. The summed E-state index contributed by atoms with van der Waals surface area (Å²) >= 11 is 0. The second-order valence-electron chi connectivity index (χ2n) is 3.73. The number of nitrogens with two attached hydrogens (primary N) is 2. The molecular formula is C12H14FN5. The van der Waals surface area contributed by atoms with Crippen molar-refractivity contribution in [1.29, 1.82) is 0 Å². The lowest BCUT2D eigenvalue weighted by molar-refractivity contribution is 0.628. The van der Waals surface area contributed by atoms with Gasteiger partial charge in [0, 0.05) is 18.3 Å². The van der Waals surface area contributed by atoms with E-state index in [0.717, 1.165) is 5.69 Å². The fourth-order valence-electron chi connectivity index (χ4n) is 1.71. The summed E-state index contributed by atoms with van der Waals surface area (Å²) in [5.74, 6) is 0.731. The summed E-state index contributed by atoms with van der Waals surface area (Å²) in [4.78, 5) is 9.81. The third-order valence-corrected chi connectivity index (χ3v) is 2.48. The molecule has 0 aliphatic heterocycles. The molecule has 2 rings (SSSR count). The van der Waals surface area contributed by atoms with Crippen molar-refractivity contribution >= 4 is 23.3 Å². The van der Waals surface area contributed by atoms with Gasteiger partial charge in [-0.15, -0.1) is 0 Å². The molecule has 0 radical (unpaired) electrons. The van der Waals surface area contributed by atoms with Crippen LogP contribution in [0.1, 0.15) is 6.92 Å². The molecule has 6 heteroatoms. The van der Waals surface area contributed by atoms with E-state index in [4.69, 9.17) is 11.5 Å². The van der Waals surface area contributed by atoms with Gasteiger partial charge in [-0.05, 0) is 31.2 Å². The standard InChI is InChI=1S/C12H14FN5/c1-2-18(9-5-3-8(13)4-6-9)11-7-10(14)16-12(15)17-11/h3-7H,2H2,1H3,(H4,14,15,16,17). The van der Waals surface area contributed by atoms with E-state index >= 15 is 0 Å². The Morgan fingerprint density at radius 2 is 1.83 bits per heavy atom. The lowest BCUT2D eigenvalue weighted by Gasteiger charge is -2.22. The Morgan fingerprint density at radius 3 is 2.39 bits per heavy atom. The first-order valence-electron chi connectivity index (χ1n) is 5.53. The van der Waals surface area contributed by atoms with Crippen molar-refractivity contribution < 1.29 is 4.39 Å². The first-order valence-corrected chi connectivity index (χ1v) is 5.53. The zero-order chi connectivity index (χ0) is 13.1. The molecule has 0 unspecified atom stereocenters. The lowest BCUT2D eigenvalue weighted by Crippen LogP contribution is -2.18. The summed E-state index contributed by atoms with van der Waals surface area (Å²) < 4.78 is 12.9. The zero-order valence-corrected chi connectivity index (χ0v) is 9.97. The smallest absolute Gasteiger partial charge is 0.223 e. The first kappa shape index (κ1) is 12.1. The Morgan fingerprint density at radius 1 is 1.17 bits per heavy atom. The Hall–Kier alpha value is -2.37. The molecule has 1 aromatic heterocycles. The molecule has 18 heavy (non-hydrogen) atoms. The quantitative estimate of drug-likeness (QED) is 0.866. The van der Waals surface area contributed by atoms with Gasteiger partial charge < -0.3 is 16.4 Å². The van der Waals surface area contributed by atoms with E-state index in [-0.39, 0.29) is 11.8 Å². The highest BCUT2D eigenvalue weighted by atomic mass is 19.1. The molecule has 0 saturated carbocycles. The molecule has 1 aromatic carbocycles. The van der Waals surface area contributed by atoms with Crippen LogP contribution in [0.3, 0.4) is 0 Å². The summed E-state index contributed by atoms with van der Waals surface area (Å²) in [6, 6.07) is 7.77. The molecule has 1 heterocycles. The Bertz CT molecular complexity index is 520. The Labute approximate surface area is 104 Å². The van der Waals surface area contributed by atoms with Gasteiger partial charge in [-0.2, -0.15) is 9.97 Å². The SMILES string of the molecule is CCN(c1ccc(F)cc1)c1cc(N)nc(N)n1.